The number of carbonyl (C=O) groups is 1. The zero-order chi connectivity index (χ0) is 11.8. The third kappa shape index (κ3) is 1.43. The molecule has 0 spiro atoms. The Hall–Kier alpha value is -2.15. The Kier molecular flexibility index (Phi) is 2.19. The normalized spacial score (nSPS) is 10.9. The van der Waals surface area contributed by atoms with Crippen LogP contribution in [-0.2, 0) is 0 Å². The second-order valence-corrected chi connectivity index (χ2v) is 4.11. The molecule has 0 atom stereocenters. The van der Waals surface area contributed by atoms with Crippen LogP contribution in [0.25, 0.3) is 16.4 Å². The summed E-state index contributed by atoms with van der Waals surface area (Å²) >= 11 is 1.43. The molecule has 3 aromatic rings. The topological polar surface area (TPSA) is 69.6 Å². The maximum atomic E-state index is 10.9. The highest BCUT2D eigenvalue weighted by Gasteiger charge is 2.15. The van der Waals surface area contributed by atoms with Gasteiger partial charge in [-0.25, -0.2) is 4.98 Å². The summed E-state index contributed by atoms with van der Waals surface area (Å²) < 4.78 is 11.8. The fourth-order valence-electron chi connectivity index (χ4n) is 1.56. The van der Waals surface area contributed by atoms with Gasteiger partial charge in [-0.05, 0) is 5.16 Å². The van der Waals surface area contributed by atoms with Gasteiger partial charge in [-0.3, -0.25) is 9.20 Å². The molecule has 0 saturated heterocycles. The minimum atomic E-state index is 0.395. The third-order valence-electron chi connectivity index (χ3n) is 2.34. The first-order valence-corrected chi connectivity index (χ1v) is 5.62. The van der Waals surface area contributed by atoms with Crippen LogP contribution in [0.2, 0.25) is 0 Å². The van der Waals surface area contributed by atoms with Crippen molar-refractivity contribution in [3.8, 4) is 17.3 Å². The number of nitrogens with zero attached hydrogens (tertiary/aromatic N) is 3. The van der Waals surface area contributed by atoms with Crippen LogP contribution in [-0.4, -0.2) is 27.9 Å². The molecule has 17 heavy (non-hydrogen) atoms. The predicted molar refractivity (Wildman–Crippen MR) is 60.5 cm³/mol. The number of aldehydes is 1. The molecule has 0 aliphatic heterocycles. The first-order valence-electron chi connectivity index (χ1n) is 4.74. The van der Waals surface area contributed by atoms with Crippen molar-refractivity contribution in [1.29, 1.82) is 0 Å². The molecule has 0 radical (unpaired) electrons. The van der Waals surface area contributed by atoms with Crippen LogP contribution in [0, 0.1) is 0 Å². The van der Waals surface area contributed by atoms with E-state index in [1.807, 2.05) is 5.38 Å². The van der Waals surface area contributed by atoms with Crippen LogP contribution in [0.4, 0.5) is 0 Å². The van der Waals surface area contributed by atoms with Gasteiger partial charge in [0, 0.05) is 5.38 Å². The Labute approximate surface area is 99.4 Å². The van der Waals surface area contributed by atoms with E-state index in [-0.39, 0.29) is 0 Å². The molecule has 7 heteroatoms. The van der Waals surface area contributed by atoms with Gasteiger partial charge in [0.2, 0.25) is 0 Å². The molecule has 0 bridgehead atoms. The average Bonchev–Trinajstić information content (AvgIpc) is 3.03. The van der Waals surface area contributed by atoms with Gasteiger partial charge in [-0.1, -0.05) is 0 Å². The molecule has 0 aliphatic carbocycles. The quantitative estimate of drug-likeness (QED) is 0.663. The Bertz CT molecular complexity index is 682. The summed E-state index contributed by atoms with van der Waals surface area (Å²) in [5.74, 6) is 0.932. The van der Waals surface area contributed by atoms with Gasteiger partial charge in [0.05, 0.1) is 19.4 Å². The number of aromatic nitrogens is 3. The van der Waals surface area contributed by atoms with Crippen LogP contribution < -0.4 is 4.74 Å². The summed E-state index contributed by atoms with van der Waals surface area (Å²) in [5, 5.41) is 5.58. The Morgan fingerprint density at radius 3 is 3.18 bits per heavy atom. The van der Waals surface area contributed by atoms with Gasteiger partial charge in [0.15, 0.2) is 17.0 Å². The first-order chi connectivity index (χ1) is 8.33. The lowest BCUT2D eigenvalue weighted by Crippen LogP contribution is -1.90. The van der Waals surface area contributed by atoms with Gasteiger partial charge < -0.3 is 9.26 Å². The van der Waals surface area contributed by atoms with E-state index in [1.54, 1.807) is 10.5 Å². The zero-order valence-corrected chi connectivity index (χ0v) is 9.60. The number of imidazole rings is 1. The lowest BCUT2D eigenvalue weighted by atomic mass is 10.3. The fourth-order valence-corrected chi connectivity index (χ4v) is 2.42. The van der Waals surface area contributed by atoms with Gasteiger partial charge >= 0.3 is 0 Å². The van der Waals surface area contributed by atoms with Crippen LogP contribution >= 0.6 is 11.3 Å². The summed E-state index contributed by atoms with van der Waals surface area (Å²) in [5.41, 5.74) is 1.21. The van der Waals surface area contributed by atoms with Crippen molar-refractivity contribution < 1.29 is 14.1 Å². The molecule has 3 heterocycles. The molecule has 0 fully saturated rings. The van der Waals surface area contributed by atoms with Crippen LogP contribution in [0.5, 0.6) is 5.88 Å². The highest BCUT2D eigenvalue weighted by molar-refractivity contribution is 7.15. The summed E-state index contributed by atoms with van der Waals surface area (Å²) in [6.07, 6.45) is 2.28. The molecule has 86 valence electrons. The van der Waals surface area contributed by atoms with Crippen molar-refractivity contribution in [2.45, 2.75) is 0 Å². The van der Waals surface area contributed by atoms with Crippen LogP contribution in [0.15, 0.2) is 22.2 Å². The van der Waals surface area contributed by atoms with Crippen LogP contribution in [0.3, 0.4) is 0 Å². The highest BCUT2D eigenvalue weighted by Crippen LogP contribution is 2.28. The van der Waals surface area contributed by atoms with E-state index in [0.29, 0.717) is 17.3 Å². The molecule has 0 aromatic carbocycles. The van der Waals surface area contributed by atoms with Gasteiger partial charge in [-0.2, -0.15) is 0 Å². The van der Waals surface area contributed by atoms with Crippen molar-refractivity contribution in [2.75, 3.05) is 7.11 Å². The molecule has 0 unspecified atom stereocenters. The second kappa shape index (κ2) is 3.70. The van der Waals surface area contributed by atoms with Crippen molar-refractivity contribution in [3.05, 3.63) is 23.3 Å². The second-order valence-electron chi connectivity index (χ2n) is 3.27. The highest BCUT2D eigenvalue weighted by atomic mass is 32.1. The van der Waals surface area contributed by atoms with Crippen molar-refractivity contribution in [1.82, 2.24) is 14.5 Å². The van der Waals surface area contributed by atoms with Gasteiger partial charge in [0.25, 0.3) is 5.88 Å². The van der Waals surface area contributed by atoms with E-state index in [4.69, 9.17) is 9.26 Å². The van der Waals surface area contributed by atoms with Gasteiger partial charge in [-0.15, -0.1) is 11.3 Å². The van der Waals surface area contributed by atoms with Crippen molar-refractivity contribution in [2.24, 2.45) is 0 Å². The number of thiazole rings is 1. The molecule has 3 aromatic heterocycles. The summed E-state index contributed by atoms with van der Waals surface area (Å²) in [6.45, 7) is 0. The van der Waals surface area contributed by atoms with E-state index in [2.05, 4.69) is 10.1 Å². The summed E-state index contributed by atoms with van der Waals surface area (Å²) in [6, 6.07) is 1.66. The summed E-state index contributed by atoms with van der Waals surface area (Å²) in [4.78, 5) is 15.8. The van der Waals surface area contributed by atoms with Crippen LogP contribution in [0.1, 0.15) is 10.5 Å². The molecular formula is C10H7N3O3S. The number of rotatable bonds is 3. The minimum absolute atomic E-state index is 0.395. The number of hydrogen-bond donors (Lipinski definition) is 0. The largest absolute Gasteiger partial charge is 0.479 e. The smallest absolute Gasteiger partial charge is 0.254 e. The average molecular weight is 249 g/mol. The minimum Gasteiger partial charge on any atom is -0.479 e. The lowest BCUT2D eigenvalue weighted by molar-refractivity contribution is 0.111. The maximum Gasteiger partial charge on any atom is 0.254 e. The predicted octanol–water partition coefficient (Wildman–Crippen LogP) is 1.87. The molecule has 0 amide bonds. The number of methoxy groups -OCH3 is 1. The molecule has 0 saturated carbocycles. The number of fused-ring (bicyclic) bond motifs is 1. The zero-order valence-electron chi connectivity index (χ0n) is 8.78. The van der Waals surface area contributed by atoms with Crippen molar-refractivity contribution >= 4 is 22.6 Å². The molecular weight excluding hydrogens is 242 g/mol. The van der Waals surface area contributed by atoms with E-state index in [0.717, 1.165) is 16.9 Å². The van der Waals surface area contributed by atoms with E-state index < -0.39 is 0 Å². The summed E-state index contributed by atoms with van der Waals surface area (Å²) in [7, 11) is 1.51. The lowest BCUT2D eigenvalue weighted by Gasteiger charge is -1.93. The molecule has 3 rings (SSSR count). The SMILES string of the molecule is COc1cc(-c2csc3ncc(C=O)n23)on1. The fraction of sp³-hybridized carbons (Fsp3) is 0.100. The maximum absolute atomic E-state index is 10.9. The van der Waals surface area contributed by atoms with E-state index in [1.165, 1.54) is 24.6 Å². The monoisotopic (exact) mass is 249 g/mol. The van der Waals surface area contributed by atoms with E-state index >= 15 is 0 Å². The third-order valence-corrected chi connectivity index (χ3v) is 3.18. The number of carbonyl (C=O) groups excluding carboxylic acids is 1. The molecule has 6 nitrogen and oxygen atoms in total. The molecule has 0 aliphatic rings. The Morgan fingerprint density at radius 2 is 2.47 bits per heavy atom. The standard InChI is InChI=1S/C10H7N3O3S/c1-15-9-2-8(16-12-9)7-5-17-10-11-3-6(4-14)13(7)10/h2-5H,1H3. The first kappa shape index (κ1) is 10.0. The Balaban J connectivity index is 2.22. The number of ether oxygens (including phenoxy) is 1. The Morgan fingerprint density at radius 1 is 1.59 bits per heavy atom. The van der Waals surface area contributed by atoms with Gasteiger partial charge in [0.1, 0.15) is 11.4 Å². The van der Waals surface area contributed by atoms with E-state index in [9.17, 15) is 4.79 Å². The molecule has 0 N–H and O–H groups in total. The van der Waals surface area contributed by atoms with Crippen molar-refractivity contribution in [3.63, 3.8) is 0 Å². The number of hydrogen-bond acceptors (Lipinski definition) is 6.